The molecular weight excluding hydrogens is 163 g/mol. The van der Waals surface area contributed by atoms with Crippen LogP contribution in [0.3, 0.4) is 0 Å². The molecule has 0 aliphatic carbocycles. The van der Waals surface area contributed by atoms with Crippen LogP contribution in [0.2, 0.25) is 0 Å². The molecule has 70 valence electrons. The van der Waals surface area contributed by atoms with E-state index in [-0.39, 0.29) is 0 Å². The molecule has 0 saturated carbocycles. The molecule has 0 radical (unpaired) electrons. The Bertz CT molecular complexity index is 267. The molecule has 0 heterocycles. The number of hydrogen-bond acceptors (Lipinski definition) is 0. The maximum Gasteiger partial charge on any atom is 0.114 e. The van der Waals surface area contributed by atoms with E-state index < -0.39 is 6.67 Å². The first kappa shape index (κ1) is 11.6. The third-order valence-corrected chi connectivity index (χ3v) is 1.72. The molecule has 0 aromatic heterocycles. The Balaban J connectivity index is 4.56. The first-order valence-electron chi connectivity index (χ1n) is 4.03. The predicted molar refractivity (Wildman–Crippen MR) is 57.3 cm³/mol. The van der Waals surface area contributed by atoms with Gasteiger partial charge >= 0.3 is 0 Å². The zero-order valence-corrected chi connectivity index (χ0v) is 8.02. The lowest BCUT2D eigenvalue weighted by Crippen LogP contribution is -1.80. The monoisotopic (exact) mass is 178 g/mol. The molecule has 0 aromatic carbocycles. The van der Waals surface area contributed by atoms with E-state index in [0.29, 0.717) is 5.57 Å². The molecule has 0 aliphatic rings. The standard InChI is InChI=1S/C12H15F/c1-5-10(3)11(4)7-8-12(6-2)9-13/h5-8H,1-3,9H2,4H3/b11-7+,12-8+. The van der Waals surface area contributed by atoms with Crippen molar-refractivity contribution in [1.29, 1.82) is 0 Å². The number of allylic oxidation sites excluding steroid dienone is 7. The molecule has 0 bridgehead atoms. The van der Waals surface area contributed by atoms with Gasteiger partial charge in [-0.05, 0) is 23.6 Å². The summed E-state index contributed by atoms with van der Waals surface area (Å²) in [4.78, 5) is 0. The molecule has 0 rings (SSSR count). The van der Waals surface area contributed by atoms with Gasteiger partial charge in [0.2, 0.25) is 0 Å². The first-order valence-corrected chi connectivity index (χ1v) is 4.03. The quantitative estimate of drug-likeness (QED) is 0.562. The maximum absolute atomic E-state index is 12.2. The topological polar surface area (TPSA) is 0 Å². The summed E-state index contributed by atoms with van der Waals surface area (Å²) in [6.45, 7) is 12.3. The molecular formula is C12H15F. The second kappa shape index (κ2) is 6.18. The third kappa shape index (κ3) is 4.26. The molecule has 0 atom stereocenters. The fraction of sp³-hybridized carbons (Fsp3) is 0.167. The minimum Gasteiger partial charge on any atom is -0.246 e. The first-order chi connectivity index (χ1) is 6.15. The van der Waals surface area contributed by atoms with Crippen molar-refractivity contribution in [2.75, 3.05) is 6.67 Å². The van der Waals surface area contributed by atoms with Crippen LogP contribution in [0.1, 0.15) is 6.92 Å². The number of hydrogen-bond donors (Lipinski definition) is 0. The van der Waals surface area contributed by atoms with Gasteiger partial charge < -0.3 is 0 Å². The van der Waals surface area contributed by atoms with E-state index in [1.54, 1.807) is 18.2 Å². The van der Waals surface area contributed by atoms with Crippen LogP contribution in [0.15, 0.2) is 60.8 Å². The highest BCUT2D eigenvalue weighted by Crippen LogP contribution is 2.08. The summed E-state index contributed by atoms with van der Waals surface area (Å²) in [5, 5.41) is 0. The summed E-state index contributed by atoms with van der Waals surface area (Å²) in [5.41, 5.74) is 2.39. The van der Waals surface area contributed by atoms with Crippen molar-refractivity contribution in [3.63, 3.8) is 0 Å². The van der Waals surface area contributed by atoms with Crippen molar-refractivity contribution in [2.45, 2.75) is 6.92 Å². The molecule has 0 N–H and O–H groups in total. The smallest absolute Gasteiger partial charge is 0.114 e. The average Bonchev–Trinajstić information content (AvgIpc) is 2.17. The average molecular weight is 178 g/mol. The van der Waals surface area contributed by atoms with Crippen LogP contribution < -0.4 is 0 Å². The van der Waals surface area contributed by atoms with Crippen molar-refractivity contribution in [2.24, 2.45) is 0 Å². The Kier molecular flexibility index (Phi) is 5.53. The Hall–Kier alpha value is -1.37. The summed E-state index contributed by atoms with van der Waals surface area (Å²) in [7, 11) is 0. The van der Waals surface area contributed by atoms with Crippen LogP contribution in [0.5, 0.6) is 0 Å². The molecule has 0 fully saturated rings. The van der Waals surface area contributed by atoms with Crippen molar-refractivity contribution in [3.05, 3.63) is 60.8 Å². The molecule has 0 saturated heterocycles. The highest BCUT2D eigenvalue weighted by molar-refractivity contribution is 5.38. The van der Waals surface area contributed by atoms with Crippen LogP contribution in [-0.2, 0) is 0 Å². The van der Waals surface area contributed by atoms with Crippen molar-refractivity contribution < 1.29 is 4.39 Å². The van der Waals surface area contributed by atoms with Gasteiger partial charge in [-0.25, -0.2) is 4.39 Å². The largest absolute Gasteiger partial charge is 0.246 e. The van der Waals surface area contributed by atoms with Gasteiger partial charge in [-0.1, -0.05) is 44.0 Å². The van der Waals surface area contributed by atoms with E-state index in [2.05, 4.69) is 19.7 Å². The Labute approximate surface area is 79.5 Å². The van der Waals surface area contributed by atoms with E-state index >= 15 is 0 Å². The van der Waals surface area contributed by atoms with Crippen LogP contribution in [0.25, 0.3) is 0 Å². The van der Waals surface area contributed by atoms with Gasteiger partial charge in [0, 0.05) is 0 Å². The fourth-order valence-electron chi connectivity index (χ4n) is 0.667. The van der Waals surface area contributed by atoms with Crippen LogP contribution in [-0.4, -0.2) is 6.67 Å². The van der Waals surface area contributed by atoms with Gasteiger partial charge in [0.05, 0.1) is 0 Å². The number of halogens is 1. The normalized spacial score (nSPS) is 12.5. The zero-order valence-electron chi connectivity index (χ0n) is 8.02. The van der Waals surface area contributed by atoms with Gasteiger partial charge in [0.15, 0.2) is 0 Å². The van der Waals surface area contributed by atoms with Gasteiger partial charge in [-0.3, -0.25) is 0 Å². The lowest BCUT2D eigenvalue weighted by atomic mass is 10.1. The second-order valence-corrected chi connectivity index (χ2v) is 2.66. The molecule has 0 nitrogen and oxygen atoms in total. The Morgan fingerprint density at radius 2 is 1.85 bits per heavy atom. The number of rotatable bonds is 5. The molecule has 0 aliphatic heterocycles. The van der Waals surface area contributed by atoms with Crippen LogP contribution >= 0.6 is 0 Å². The van der Waals surface area contributed by atoms with Gasteiger partial charge in [-0.15, -0.1) is 0 Å². The van der Waals surface area contributed by atoms with E-state index in [1.165, 1.54) is 6.08 Å². The van der Waals surface area contributed by atoms with E-state index in [0.717, 1.165) is 11.1 Å². The maximum atomic E-state index is 12.2. The third-order valence-electron chi connectivity index (χ3n) is 1.72. The van der Waals surface area contributed by atoms with E-state index in [4.69, 9.17) is 0 Å². The highest BCUT2D eigenvalue weighted by atomic mass is 19.1. The summed E-state index contributed by atoms with van der Waals surface area (Å²) >= 11 is 0. The molecule has 0 amide bonds. The Morgan fingerprint density at radius 1 is 1.23 bits per heavy atom. The SMILES string of the molecule is C=CC(=C)/C(C)=C/C=C(\C=C)CF. The number of alkyl halides is 1. The van der Waals surface area contributed by atoms with E-state index in [1.807, 2.05) is 6.92 Å². The predicted octanol–water partition coefficient (Wildman–Crippen LogP) is 3.76. The van der Waals surface area contributed by atoms with Gasteiger partial charge in [-0.2, -0.15) is 0 Å². The lowest BCUT2D eigenvalue weighted by molar-refractivity contribution is 0.549. The van der Waals surface area contributed by atoms with Gasteiger partial charge in [0.25, 0.3) is 0 Å². The molecule has 13 heavy (non-hydrogen) atoms. The molecule has 0 unspecified atom stereocenters. The van der Waals surface area contributed by atoms with Gasteiger partial charge in [0.1, 0.15) is 6.67 Å². The minimum atomic E-state index is -0.492. The molecule has 1 heteroatoms. The summed E-state index contributed by atoms with van der Waals surface area (Å²) in [6.07, 6.45) is 6.67. The lowest BCUT2D eigenvalue weighted by Gasteiger charge is -1.97. The summed E-state index contributed by atoms with van der Waals surface area (Å²) < 4.78 is 12.2. The minimum absolute atomic E-state index is 0.492. The zero-order chi connectivity index (χ0) is 10.3. The summed E-state index contributed by atoms with van der Waals surface area (Å²) in [6, 6.07) is 0. The molecule has 0 aromatic rings. The van der Waals surface area contributed by atoms with Crippen molar-refractivity contribution in [3.8, 4) is 0 Å². The highest BCUT2D eigenvalue weighted by Gasteiger charge is 1.90. The van der Waals surface area contributed by atoms with Crippen molar-refractivity contribution >= 4 is 0 Å². The van der Waals surface area contributed by atoms with Crippen molar-refractivity contribution in [1.82, 2.24) is 0 Å². The molecule has 0 spiro atoms. The second-order valence-electron chi connectivity index (χ2n) is 2.66. The fourth-order valence-corrected chi connectivity index (χ4v) is 0.667. The van der Waals surface area contributed by atoms with E-state index in [9.17, 15) is 4.39 Å². The van der Waals surface area contributed by atoms with Crippen LogP contribution in [0.4, 0.5) is 4.39 Å². The van der Waals surface area contributed by atoms with Crippen LogP contribution in [0, 0.1) is 0 Å². The summed E-state index contributed by atoms with van der Waals surface area (Å²) in [5.74, 6) is 0. The Morgan fingerprint density at radius 3 is 2.23 bits per heavy atom.